The Bertz CT molecular complexity index is 326. The van der Waals surface area contributed by atoms with Crippen LogP contribution in [-0.2, 0) is 0 Å². The summed E-state index contributed by atoms with van der Waals surface area (Å²) in [6.07, 6.45) is 0.130. The molecule has 1 N–H and O–H groups in total. The Kier molecular flexibility index (Phi) is 2.54. The van der Waals surface area contributed by atoms with Crippen LogP contribution in [0.25, 0.3) is 0 Å². The fourth-order valence-electron chi connectivity index (χ4n) is 1.31. The van der Waals surface area contributed by atoms with E-state index in [0.717, 1.165) is 13.1 Å². The molecule has 0 atom stereocenters. The fourth-order valence-corrected chi connectivity index (χ4v) is 1.31. The number of benzene rings is 1. The van der Waals surface area contributed by atoms with Crippen molar-refractivity contribution < 1.29 is 13.9 Å². The van der Waals surface area contributed by atoms with Gasteiger partial charge in [-0.05, 0) is 12.1 Å². The van der Waals surface area contributed by atoms with Crippen LogP contribution < -0.4 is 14.8 Å². The number of ether oxygens (including phenoxy) is 2. The van der Waals surface area contributed by atoms with Crippen molar-refractivity contribution >= 4 is 0 Å². The van der Waals surface area contributed by atoms with Crippen LogP contribution in [0.3, 0.4) is 0 Å². The summed E-state index contributed by atoms with van der Waals surface area (Å²) in [5.74, 6) is 0.260. The maximum Gasteiger partial charge on any atom is 0.196 e. The molecular weight excluding hydrogens is 185 g/mol. The van der Waals surface area contributed by atoms with Gasteiger partial charge >= 0.3 is 0 Å². The molecule has 2 rings (SSSR count). The largest absolute Gasteiger partial charge is 0.490 e. The molecule has 0 bridgehead atoms. The summed E-state index contributed by atoms with van der Waals surface area (Å²) in [6.45, 7) is 1.61. The quantitative estimate of drug-likeness (QED) is 0.789. The van der Waals surface area contributed by atoms with Crippen LogP contribution in [0, 0.1) is 5.82 Å². The average molecular weight is 197 g/mol. The molecule has 0 radical (unpaired) electrons. The molecule has 1 aliphatic heterocycles. The molecule has 0 spiro atoms. The van der Waals surface area contributed by atoms with Crippen molar-refractivity contribution in [1.29, 1.82) is 0 Å². The molecule has 4 heteroatoms. The van der Waals surface area contributed by atoms with E-state index in [2.05, 4.69) is 5.32 Å². The summed E-state index contributed by atoms with van der Waals surface area (Å²) >= 11 is 0. The topological polar surface area (TPSA) is 30.5 Å². The van der Waals surface area contributed by atoms with E-state index in [1.54, 1.807) is 12.1 Å². The van der Waals surface area contributed by atoms with Crippen LogP contribution in [0.1, 0.15) is 0 Å². The molecule has 0 amide bonds. The van der Waals surface area contributed by atoms with Crippen molar-refractivity contribution in [2.24, 2.45) is 0 Å². The molecule has 14 heavy (non-hydrogen) atoms. The summed E-state index contributed by atoms with van der Waals surface area (Å²) in [5.41, 5.74) is 0. The maximum atomic E-state index is 13.2. The zero-order chi connectivity index (χ0) is 9.97. The highest BCUT2D eigenvalue weighted by atomic mass is 19.1. The smallest absolute Gasteiger partial charge is 0.196 e. The van der Waals surface area contributed by atoms with Crippen molar-refractivity contribution in [3.05, 3.63) is 24.0 Å². The van der Waals surface area contributed by atoms with Gasteiger partial charge in [0.1, 0.15) is 6.10 Å². The van der Waals surface area contributed by atoms with Crippen LogP contribution >= 0.6 is 0 Å². The number of hydrogen-bond donors (Lipinski definition) is 1. The Morgan fingerprint density at radius 1 is 1.43 bits per heavy atom. The Balaban J connectivity index is 2.17. The number of rotatable bonds is 3. The second-order valence-corrected chi connectivity index (χ2v) is 3.17. The lowest BCUT2D eigenvalue weighted by molar-refractivity contribution is 0.136. The first-order valence-corrected chi connectivity index (χ1v) is 4.51. The summed E-state index contributed by atoms with van der Waals surface area (Å²) in [7, 11) is 1.43. The minimum absolute atomic E-state index is 0.130. The monoisotopic (exact) mass is 197 g/mol. The lowest BCUT2D eigenvalue weighted by Gasteiger charge is -2.28. The molecule has 0 aromatic heterocycles. The molecular formula is C10H12FNO2. The molecule has 0 saturated carbocycles. The highest BCUT2D eigenvalue weighted by Crippen LogP contribution is 2.30. The number of methoxy groups -OCH3 is 1. The zero-order valence-corrected chi connectivity index (χ0v) is 7.92. The van der Waals surface area contributed by atoms with Crippen molar-refractivity contribution in [2.75, 3.05) is 20.2 Å². The van der Waals surface area contributed by atoms with Gasteiger partial charge in [0.25, 0.3) is 0 Å². The first-order valence-electron chi connectivity index (χ1n) is 4.51. The molecule has 0 aliphatic carbocycles. The van der Waals surface area contributed by atoms with E-state index in [4.69, 9.17) is 9.47 Å². The molecule has 1 fully saturated rings. The van der Waals surface area contributed by atoms with Crippen molar-refractivity contribution in [2.45, 2.75) is 6.10 Å². The molecule has 1 heterocycles. The molecule has 76 valence electrons. The van der Waals surface area contributed by atoms with Crippen LogP contribution in [0.2, 0.25) is 0 Å². The Hall–Kier alpha value is -1.29. The van der Waals surface area contributed by atoms with Gasteiger partial charge in [-0.2, -0.15) is 0 Å². The van der Waals surface area contributed by atoms with Crippen molar-refractivity contribution in [1.82, 2.24) is 5.32 Å². The number of halogens is 1. The summed E-state index contributed by atoms with van der Waals surface area (Å²) < 4.78 is 23.7. The van der Waals surface area contributed by atoms with E-state index in [1.165, 1.54) is 13.2 Å². The van der Waals surface area contributed by atoms with Gasteiger partial charge in [0.05, 0.1) is 7.11 Å². The van der Waals surface area contributed by atoms with E-state index in [1.807, 2.05) is 0 Å². The van der Waals surface area contributed by atoms with Gasteiger partial charge in [-0.1, -0.05) is 6.07 Å². The summed E-state index contributed by atoms with van der Waals surface area (Å²) in [5, 5.41) is 3.07. The van der Waals surface area contributed by atoms with Gasteiger partial charge in [0.15, 0.2) is 17.3 Å². The van der Waals surface area contributed by atoms with E-state index >= 15 is 0 Å². The fraction of sp³-hybridized carbons (Fsp3) is 0.400. The summed E-state index contributed by atoms with van der Waals surface area (Å²) in [4.78, 5) is 0. The van der Waals surface area contributed by atoms with Gasteiger partial charge in [-0.3, -0.25) is 0 Å². The SMILES string of the molecule is COc1c(F)cccc1OC1CNC1. The number of para-hydroxylation sites is 1. The second kappa shape index (κ2) is 3.84. The molecule has 0 unspecified atom stereocenters. The molecule has 1 aromatic carbocycles. The first-order chi connectivity index (χ1) is 6.81. The third-order valence-corrected chi connectivity index (χ3v) is 2.17. The van der Waals surface area contributed by atoms with E-state index in [0.29, 0.717) is 5.75 Å². The van der Waals surface area contributed by atoms with Crippen LogP contribution in [0.15, 0.2) is 18.2 Å². The minimum Gasteiger partial charge on any atom is -0.490 e. The van der Waals surface area contributed by atoms with Gasteiger partial charge in [0, 0.05) is 13.1 Å². The highest BCUT2D eigenvalue weighted by Gasteiger charge is 2.20. The van der Waals surface area contributed by atoms with Crippen molar-refractivity contribution in [3.8, 4) is 11.5 Å². The van der Waals surface area contributed by atoms with Crippen molar-refractivity contribution in [3.63, 3.8) is 0 Å². The number of hydrogen-bond acceptors (Lipinski definition) is 3. The van der Waals surface area contributed by atoms with Gasteiger partial charge in [-0.15, -0.1) is 0 Å². The van der Waals surface area contributed by atoms with E-state index < -0.39 is 5.82 Å². The van der Waals surface area contributed by atoms with Gasteiger partial charge < -0.3 is 14.8 Å². The molecule has 3 nitrogen and oxygen atoms in total. The van der Waals surface area contributed by atoms with Gasteiger partial charge in [0.2, 0.25) is 0 Å². The third kappa shape index (κ3) is 1.65. The predicted molar refractivity (Wildman–Crippen MR) is 50.2 cm³/mol. The predicted octanol–water partition coefficient (Wildman–Crippen LogP) is 1.18. The normalized spacial score (nSPS) is 16.1. The Morgan fingerprint density at radius 2 is 2.21 bits per heavy atom. The zero-order valence-electron chi connectivity index (χ0n) is 7.92. The van der Waals surface area contributed by atoms with Gasteiger partial charge in [-0.25, -0.2) is 4.39 Å². The first kappa shape index (κ1) is 9.27. The Labute approximate surface area is 81.8 Å². The standard InChI is InChI=1S/C10H12FNO2/c1-13-10-8(11)3-2-4-9(10)14-7-5-12-6-7/h2-4,7,12H,5-6H2,1H3. The lowest BCUT2D eigenvalue weighted by Crippen LogP contribution is -2.50. The van der Waals surface area contributed by atoms with Crippen LogP contribution in [0.5, 0.6) is 11.5 Å². The van der Waals surface area contributed by atoms with Crippen LogP contribution in [-0.4, -0.2) is 26.3 Å². The third-order valence-electron chi connectivity index (χ3n) is 2.17. The minimum atomic E-state index is -0.391. The molecule has 1 aliphatic rings. The highest BCUT2D eigenvalue weighted by molar-refractivity contribution is 5.41. The van der Waals surface area contributed by atoms with E-state index in [9.17, 15) is 4.39 Å². The van der Waals surface area contributed by atoms with Crippen LogP contribution in [0.4, 0.5) is 4.39 Å². The summed E-state index contributed by atoms with van der Waals surface area (Å²) in [6, 6.07) is 4.67. The Morgan fingerprint density at radius 3 is 2.79 bits per heavy atom. The molecule has 1 saturated heterocycles. The lowest BCUT2D eigenvalue weighted by atomic mass is 10.2. The molecule has 1 aromatic rings. The van der Waals surface area contributed by atoms with E-state index in [-0.39, 0.29) is 11.9 Å². The maximum absolute atomic E-state index is 13.2. The number of nitrogens with one attached hydrogen (secondary N) is 1. The second-order valence-electron chi connectivity index (χ2n) is 3.17. The average Bonchev–Trinajstić information content (AvgIpc) is 2.11.